The number of benzene rings is 4. The van der Waals surface area contributed by atoms with Gasteiger partial charge in [0, 0.05) is 33.2 Å². The van der Waals surface area contributed by atoms with Crippen molar-refractivity contribution in [2.75, 3.05) is 0 Å². The Kier molecular flexibility index (Phi) is 7.02. The molecule has 4 aromatic carbocycles. The molecule has 1 unspecified atom stereocenters. The number of nitrogens with zero attached hydrogens (tertiary/aromatic N) is 2. The molecule has 0 amide bonds. The smallest absolute Gasteiger partial charge is 0.224 e. The summed E-state index contributed by atoms with van der Waals surface area (Å²) >= 11 is 0. The molecule has 0 radical (unpaired) electrons. The molecule has 0 saturated carbocycles. The summed E-state index contributed by atoms with van der Waals surface area (Å²) in [5.74, 6) is 0.584. The minimum absolute atomic E-state index is 0.288. The van der Waals surface area contributed by atoms with Gasteiger partial charge in [-0.25, -0.2) is 9.97 Å². The molecule has 9 rings (SSSR count). The molecular weight excluding hydrogens is 601 g/mol. The zero-order valence-corrected chi connectivity index (χ0v) is 26.9. The van der Waals surface area contributed by atoms with Crippen LogP contribution < -0.4 is 4.74 Å². The van der Waals surface area contributed by atoms with Crippen molar-refractivity contribution < 1.29 is 4.74 Å². The minimum Gasteiger partial charge on any atom is -0.468 e. The van der Waals surface area contributed by atoms with Crippen molar-refractivity contribution in [1.82, 2.24) is 19.9 Å². The first-order valence-corrected chi connectivity index (χ1v) is 16.6. The van der Waals surface area contributed by atoms with Crippen LogP contribution in [0.1, 0.15) is 30.1 Å². The van der Waals surface area contributed by atoms with Gasteiger partial charge in [-0.1, -0.05) is 121 Å². The molecule has 7 aromatic rings. The number of hydrogen-bond donors (Lipinski definition) is 2. The van der Waals surface area contributed by atoms with Gasteiger partial charge in [0.15, 0.2) is 0 Å². The van der Waals surface area contributed by atoms with Crippen LogP contribution in [0.15, 0.2) is 146 Å². The number of rotatable bonds is 4. The van der Waals surface area contributed by atoms with E-state index in [1.807, 2.05) is 24.3 Å². The Balaban J connectivity index is 1.49. The van der Waals surface area contributed by atoms with E-state index < -0.39 is 0 Å². The molecule has 234 valence electrons. The Morgan fingerprint density at radius 3 is 1.24 bits per heavy atom. The van der Waals surface area contributed by atoms with Gasteiger partial charge in [0.05, 0.1) is 28.2 Å². The average Bonchev–Trinajstić information content (AvgIpc) is 3.98. The van der Waals surface area contributed by atoms with E-state index in [0.29, 0.717) is 5.88 Å². The van der Waals surface area contributed by atoms with Gasteiger partial charge in [0.25, 0.3) is 0 Å². The molecule has 1 atom stereocenters. The summed E-state index contributed by atoms with van der Waals surface area (Å²) in [5.41, 5.74) is 14.7. The number of ether oxygens (including phenoxy) is 1. The summed E-state index contributed by atoms with van der Waals surface area (Å²) in [7, 11) is 0. The fourth-order valence-corrected chi connectivity index (χ4v) is 6.98. The molecule has 49 heavy (non-hydrogen) atoms. The molecule has 0 saturated heterocycles. The van der Waals surface area contributed by atoms with Crippen LogP contribution in [0.2, 0.25) is 0 Å². The summed E-state index contributed by atoms with van der Waals surface area (Å²) < 4.78 is 6.71. The lowest BCUT2D eigenvalue weighted by Gasteiger charge is -2.10. The molecule has 0 fully saturated rings. The van der Waals surface area contributed by atoms with E-state index in [9.17, 15) is 0 Å². The van der Waals surface area contributed by atoms with Crippen LogP contribution in [0.25, 0.3) is 78.7 Å². The van der Waals surface area contributed by atoms with Crippen molar-refractivity contribution >= 4 is 34.2 Å². The van der Waals surface area contributed by atoms with E-state index in [1.54, 1.807) is 0 Å². The van der Waals surface area contributed by atoms with E-state index in [1.165, 1.54) is 0 Å². The van der Waals surface area contributed by atoms with E-state index in [0.717, 1.165) is 83.7 Å². The van der Waals surface area contributed by atoms with Gasteiger partial charge in [0.2, 0.25) is 5.88 Å². The quantitative estimate of drug-likeness (QED) is 0.203. The number of hydrogen-bond acceptors (Lipinski definition) is 3. The first-order chi connectivity index (χ1) is 24.2. The fourth-order valence-electron chi connectivity index (χ4n) is 6.98. The van der Waals surface area contributed by atoms with Crippen molar-refractivity contribution in [3.05, 3.63) is 163 Å². The Hall–Kier alpha value is -6.46. The molecule has 5 nitrogen and oxygen atoms in total. The van der Waals surface area contributed by atoms with Crippen molar-refractivity contribution in [2.45, 2.75) is 13.0 Å². The Labute approximate surface area is 284 Å². The largest absolute Gasteiger partial charge is 0.468 e. The van der Waals surface area contributed by atoms with E-state index in [2.05, 4.69) is 150 Å². The molecule has 0 spiro atoms. The zero-order valence-electron chi connectivity index (χ0n) is 26.9. The Morgan fingerprint density at radius 2 is 0.796 bits per heavy atom. The SMILES string of the molecule is CC1Oc2nc1c(-c1ccccc1)c1ccc([nH]1)c(-c1ccccc1)c1nc(c(-c3ccccc3)c3ccc([nH]3)c2-c2ccccc2)C=C1. The minimum atomic E-state index is -0.288. The monoisotopic (exact) mass is 632 g/mol. The number of aromatic amines is 2. The maximum atomic E-state index is 6.71. The van der Waals surface area contributed by atoms with Crippen molar-refractivity contribution in [3.8, 4) is 50.4 Å². The predicted molar refractivity (Wildman–Crippen MR) is 201 cm³/mol. The number of fused-ring (bicyclic) bond motifs is 8. The van der Waals surface area contributed by atoms with Gasteiger partial charge in [-0.05, 0) is 65.6 Å². The maximum Gasteiger partial charge on any atom is 0.224 e. The van der Waals surface area contributed by atoms with Gasteiger partial charge in [-0.3, -0.25) is 0 Å². The van der Waals surface area contributed by atoms with Crippen LogP contribution in [0.5, 0.6) is 5.88 Å². The van der Waals surface area contributed by atoms with Gasteiger partial charge in [-0.2, -0.15) is 0 Å². The molecule has 2 aliphatic heterocycles. The van der Waals surface area contributed by atoms with Crippen molar-refractivity contribution in [3.63, 3.8) is 0 Å². The van der Waals surface area contributed by atoms with Crippen molar-refractivity contribution in [2.24, 2.45) is 0 Å². The number of nitrogens with one attached hydrogen (secondary N) is 2. The van der Waals surface area contributed by atoms with E-state index in [4.69, 9.17) is 14.7 Å². The topological polar surface area (TPSA) is 66.6 Å². The highest BCUT2D eigenvalue weighted by Crippen LogP contribution is 2.42. The first-order valence-electron chi connectivity index (χ1n) is 16.6. The lowest BCUT2D eigenvalue weighted by Crippen LogP contribution is -1.98. The molecule has 5 heteroatoms. The predicted octanol–water partition coefficient (Wildman–Crippen LogP) is 11.3. The van der Waals surface area contributed by atoms with E-state index >= 15 is 0 Å². The lowest BCUT2D eigenvalue weighted by atomic mass is 10.0. The summed E-state index contributed by atoms with van der Waals surface area (Å²) in [6.45, 7) is 2.08. The summed E-state index contributed by atoms with van der Waals surface area (Å²) in [5, 5.41) is 0. The highest BCUT2D eigenvalue weighted by molar-refractivity contribution is 5.97. The highest BCUT2D eigenvalue weighted by Gasteiger charge is 2.26. The van der Waals surface area contributed by atoms with Crippen molar-refractivity contribution in [1.29, 1.82) is 0 Å². The number of H-pyrrole nitrogens is 2. The normalized spacial score (nSPS) is 13.7. The molecule has 8 bridgehead atoms. The van der Waals surface area contributed by atoms with Gasteiger partial charge in [-0.15, -0.1) is 0 Å². The zero-order chi connectivity index (χ0) is 32.7. The van der Waals surface area contributed by atoms with Gasteiger partial charge in [0.1, 0.15) is 6.10 Å². The second kappa shape index (κ2) is 12.0. The number of aromatic nitrogens is 4. The molecule has 5 heterocycles. The van der Waals surface area contributed by atoms with Crippen LogP contribution in [-0.4, -0.2) is 19.9 Å². The van der Waals surface area contributed by atoms with Crippen LogP contribution in [0.3, 0.4) is 0 Å². The molecule has 2 aliphatic rings. The summed E-state index contributed by atoms with van der Waals surface area (Å²) in [6.07, 6.45) is 3.97. The highest BCUT2D eigenvalue weighted by atomic mass is 16.5. The Morgan fingerprint density at radius 1 is 0.429 bits per heavy atom. The Bertz CT molecular complexity index is 2520. The second-order valence-electron chi connectivity index (χ2n) is 12.3. The molecular formula is C44H32N4O. The van der Waals surface area contributed by atoms with Crippen LogP contribution in [0, 0.1) is 0 Å². The third-order valence-electron chi connectivity index (χ3n) is 9.22. The molecule has 3 aromatic heterocycles. The molecule has 0 aliphatic carbocycles. The first kappa shape index (κ1) is 28.7. The van der Waals surface area contributed by atoms with Crippen LogP contribution >= 0.6 is 0 Å². The van der Waals surface area contributed by atoms with Crippen LogP contribution in [0.4, 0.5) is 0 Å². The third-order valence-corrected chi connectivity index (χ3v) is 9.22. The standard InChI is InChI=1S/C44H32N4O/c1-28-43-41(31-18-10-4-11-19-31)37-26-24-35(46-37)39(29-14-6-2-7-15-29)33-22-23-34(45-33)40(30-16-8-3-9-17-30)36-25-27-38(47-36)42(44(48-43)49-28)32-20-12-5-13-21-32/h2-28,46-47H,1H3. The lowest BCUT2D eigenvalue weighted by molar-refractivity contribution is 0.246. The van der Waals surface area contributed by atoms with Gasteiger partial charge >= 0.3 is 0 Å². The average molecular weight is 633 g/mol. The fraction of sp³-hybridized carbons (Fsp3) is 0.0455. The molecule has 2 N–H and O–H groups in total. The summed E-state index contributed by atoms with van der Waals surface area (Å²) in [6, 6.07) is 50.3. The summed E-state index contributed by atoms with van der Waals surface area (Å²) in [4.78, 5) is 18.2. The van der Waals surface area contributed by atoms with Gasteiger partial charge < -0.3 is 14.7 Å². The van der Waals surface area contributed by atoms with Crippen LogP contribution in [-0.2, 0) is 0 Å². The second-order valence-corrected chi connectivity index (χ2v) is 12.3. The third kappa shape index (κ3) is 5.13. The van der Waals surface area contributed by atoms with E-state index in [-0.39, 0.29) is 6.10 Å². The maximum absolute atomic E-state index is 6.71.